The summed E-state index contributed by atoms with van der Waals surface area (Å²) >= 11 is 3.02. The first-order valence-corrected chi connectivity index (χ1v) is 10.9. The molecule has 0 radical (unpaired) electrons. The van der Waals surface area contributed by atoms with Gasteiger partial charge >= 0.3 is 0 Å². The van der Waals surface area contributed by atoms with Gasteiger partial charge in [-0.25, -0.2) is 9.37 Å². The molecule has 1 aliphatic heterocycles. The first-order valence-electron chi connectivity index (χ1n) is 9.29. The molecule has 1 saturated heterocycles. The van der Waals surface area contributed by atoms with E-state index >= 15 is 0 Å². The number of nitrogens with zero attached hydrogens (tertiary/aromatic N) is 4. The number of carbonyl (C=O) groups excluding carboxylic acids is 1. The number of halogens is 1. The molecule has 28 heavy (non-hydrogen) atoms. The molecule has 0 N–H and O–H groups in total. The van der Waals surface area contributed by atoms with Crippen molar-refractivity contribution in [1.29, 1.82) is 0 Å². The molecule has 0 bridgehead atoms. The number of carbonyl (C=O) groups is 1. The summed E-state index contributed by atoms with van der Waals surface area (Å²) in [5.41, 5.74) is 0.993. The lowest BCUT2D eigenvalue weighted by molar-refractivity contribution is -0.130. The fourth-order valence-electron chi connectivity index (χ4n) is 3.26. The Labute approximate surface area is 171 Å². The van der Waals surface area contributed by atoms with Gasteiger partial charge in [0, 0.05) is 49.0 Å². The van der Waals surface area contributed by atoms with E-state index in [2.05, 4.69) is 14.3 Å². The maximum absolute atomic E-state index is 13.0. The standard InChI is InChI=1S/C20H21FN4OS2/c21-16-6-4-15(5-7-16)13-18-22-20(28-23-18)25-9-2-8-24(10-11-25)19(26)14-17-3-1-12-27-17/h1,3-7,12H,2,8-11,13-14H2. The number of rotatable bonds is 5. The molecule has 5 nitrogen and oxygen atoms in total. The van der Waals surface area contributed by atoms with Gasteiger partial charge in [0.05, 0.1) is 6.42 Å². The number of hydrogen-bond donors (Lipinski definition) is 0. The third-order valence-electron chi connectivity index (χ3n) is 4.76. The van der Waals surface area contributed by atoms with Gasteiger partial charge in [0.15, 0.2) is 0 Å². The van der Waals surface area contributed by atoms with Crippen molar-refractivity contribution in [3.63, 3.8) is 0 Å². The van der Waals surface area contributed by atoms with E-state index in [0.29, 0.717) is 19.4 Å². The van der Waals surface area contributed by atoms with E-state index in [1.54, 1.807) is 23.5 Å². The maximum Gasteiger partial charge on any atom is 0.227 e. The molecule has 3 heterocycles. The summed E-state index contributed by atoms with van der Waals surface area (Å²) in [5, 5.41) is 2.90. The lowest BCUT2D eigenvalue weighted by atomic mass is 10.1. The second kappa shape index (κ2) is 8.79. The minimum absolute atomic E-state index is 0.193. The van der Waals surface area contributed by atoms with Crippen LogP contribution in [0.4, 0.5) is 9.52 Å². The van der Waals surface area contributed by atoms with Crippen LogP contribution in [0.5, 0.6) is 0 Å². The highest BCUT2D eigenvalue weighted by molar-refractivity contribution is 7.10. The van der Waals surface area contributed by atoms with Crippen LogP contribution in [-0.4, -0.2) is 46.3 Å². The average Bonchev–Trinajstić information content (AvgIpc) is 3.31. The monoisotopic (exact) mass is 416 g/mol. The van der Waals surface area contributed by atoms with Crippen molar-refractivity contribution >= 4 is 33.9 Å². The van der Waals surface area contributed by atoms with Crippen molar-refractivity contribution in [2.45, 2.75) is 19.3 Å². The second-order valence-corrected chi connectivity index (χ2v) is 8.54. The molecule has 0 atom stereocenters. The van der Waals surface area contributed by atoms with E-state index in [0.717, 1.165) is 47.5 Å². The normalized spacial score (nSPS) is 14.9. The molecule has 1 amide bonds. The number of anilines is 1. The molecule has 3 aromatic rings. The van der Waals surface area contributed by atoms with Crippen molar-refractivity contribution in [1.82, 2.24) is 14.3 Å². The Bertz CT molecular complexity index is 911. The van der Waals surface area contributed by atoms with E-state index in [1.807, 2.05) is 22.4 Å². The Morgan fingerprint density at radius 2 is 1.96 bits per heavy atom. The Morgan fingerprint density at radius 3 is 2.75 bits per heavy atom. The molecular weight excluding hydrogens is 395 g/mol. The highest BCUT2D eigenvalue weighted by Crippen LogP contribution is 2.21. The number of aromatic nitrogens is 2. The summed E-state index contributed by atoms with van der Waals surface area (Å²) < 4.78 is 17.5. The van der Waals surface area contributed by atoms with Crippen LogP contribution in [-0.2, 0) is 17.6 Å². The van der Waals surface area contributed by atoms with Gasteiger partial charge in [-0.2, -0.15) is 4.37 Å². The first kappa shape index (κ1) is 19.0. The lowest BCUT2D eigenvalue weighted by Crippen LogP contribution is -2.36. The molecule has 146 valence electrons. The zero-order valence-electron chi connectivity index (χ0n) is 15.4. The highest BCUT2D eigenvalue weighted by Gasteiger charge is 2.21. The number of benzene rings is 1. The Kier molecular flexibility index (Phi) is 5.97. The molecule has 8 heteroatoms. The van der Waals surface area contributed by atoms with Crippen molar-refractivity contribution in [2.75, 3.05) is 31.1 Å². The van der Waals surface area contributed by atoms with Crippen LogP contribution >= 0.6 is 22.9 Å². The lowest BCUT2D eigenvalue weighted by Gasteiger charge is -2.21. The third-order valence-corrected chi connectivity index (χ3v) is 6.45. The van der Waals surface area contributed by atoms with Crippen LogP contribution in [0.1, 0.15) is 22.7 Å². The van der Waals surface area contributed by atoms with Crippen LogP contribution in [0.25, 0.3) is 0 Å². The zero-order chi connectivity index (χ0) is 19.3. The Balaban J connectivity index is 1.34. The van der Waals surface area contributed by atoms with E-state index in [4.69, 9.17) is 0 Å². The molecule has 0 aliphatic carbocycles. The van der Waals surface area contributed by atoms with Crippen molar-refractivity contribution in [3.05, 3.63) is 63.9 Å². The molecule has 1 aliphatic rings. The summed E-state index contributed by atoms with van der Waals surface area (Å²) in [4.78, 5) is 22.5. The molecular formula is C20H21FN4OS2. The van der Waals surface area contributed by atoms with E-state index in [9.17, 15) is 9.18 Å². The van der Waals surface area contributed by atoms with Crippen LogP contribution in [0, 0.1) is 5.82 Å². The van der Waals surface area contributed by atoms with Crippen molar-refractivity contribution in [2.24, 2.45) is 0 Å². The number of hydrogen-bond acceptors (Lipinski definition) is 6. The van der Waals surface area contributed by atoms with Gasteiger partial charge in [-0.3, -0.25) is 4.79 Å². The van der Waals surface area contributed by atoms with Gasteiger partial charge in [0.25, 0.3) is 0 Å². The van der Waals surface area contributed by atoms with Crippen LogP contribution < -0.4 is 4.90 Å². The first-order chi connectivity index (χ1) is 13.7. The summed E-state index contributed by atoms with van der Waals surface area (Å²) in [6, 6.07) is 10.4. The van der Waals surface area contributed by atoms with Gasteiger partial charge in [0.2, 0.25) is 11.0 Å². The highest BCUT2D eigenvalue weighted by atomic mass is 32.1. The van der Waals surface area contributed by atoms with Crippen molar-refractivity contribution in [3.8, 4) is 0 Å². The number of amides is 1. The molecule has 4 rings (SSSR count). The van der Waals surface area contributed by atoms with E-state index < -0.39 is 0 Å². The summed E-state index contributed by atoms with van der Waals surface area (Å²) in [6.07, 6.45) is 2.00. The van der Waals surface area contributed by atoms with E-state index in [-0.39, 0.29) is 11.7 Å². The Morgan fingerprint density at radius 1 is 1.11 bits per heavy atom. The third kappa shape index (κ3) is 4.74. The predicted molar refractivity (Wildman–Crippen MR) is 111 cm³/mol. The van der Waals surface area contributed by atoms with E-state index in [1.165, 1.54) is 23.7 Å². The minimum Gasteiger partial charge on any atom is -0.345 e. The van der Waals surface area contributed by atoms with Gasteiger partial charge in [0.1, 0.15) is 11.6 Å². The second-order valence-electron chi connectivity index (χ2n) is 6.77. The van der Waals surface area contributed by atoms with Crippen LogP contribution in [0.3, 0.4) is 0 Å². The fourth-order valence-corrected chi connectivity index (χ4v) is 4.69. The summed E-state index contributed by atoms with van der Waals surface area (Å²) in [6.45, 7) is 3.12. The Hall–Kier alpha value is -2.32. The van der Waals surface area contributed by atoms with Gasteiger partial charge in [-0.15, -0.1) is 11.3 Å². The molecule has 1 aromatic carbocycles. The predicted octanol–water partition coefficient (Wildman–Crippen LogP) is 3.61. The smallest absolute Gasteiger partial charge is 0.227 e. The number of thiophene rings is 1. The van der Waals surface area contributed by atoms with Gasteiger partial charge in [-0.05, 0) is 35.6 Å². The molecule has 0 saturated carbocycles. The minimum atomic E-state index is -0.238. The topological polar surface area (TPSA) is 49.3 Å². The quantitative estimate of drug-likeness (QED) is 0.638. The van der Waals surface area contributed by atoms with Crippen molar-refractivity contribution < 1.29 is 9.18 Å². The zero-order valence-corrected chi connectivity index (χ0v) is 17.0. The molecule has 0 unspecified atom stereocenters. The SMILES string of the molecule is O=C(Cc1cccs1)N1CCCN(c2nc(Cc3ccc(F)cc3)ns2)CC1. The summed E-state index contributed by atoms with van der Waals surface area (Å²) in [5.74, 6) is 0.707. The van der Waals surface area contributed by atoms with Gasteiger partial charge < -0.3 is 9.80 Å². The molecule has 0 spiro atoms. The molecule has 2 aromatic heterocycles. The average molecular weight is 417 g/mol. The maximum atomic E-state index is 13.0. The van der Waals surface area contributed by atoms with Gasteiger partial charge in [-0.1, -0.05) is 18.2 Å². The largest absolute Gasteiger partial charge is 0.345 e. The fraction of sp³-hybridized carbons (Fsp3) is 0.350. The molecule has 1 fully saturated rings. The summed E-state index contributed by atoms with van der Waals surface area (Å²) in [7, 11) is 0. The van der Waals surface area contributed by atoms with Crippen LogP contribution in [0.2, 0.25) is 0 Å². The van der Waals surface area contributed by atoms with Crippen LogP contribution in [0.15, 0.2) is 41.8 Å².